The molecule has 1 amide bonds. The van der Waals surface area contributed by atoms with Gasteiger partial charge in [0.2, 0.25) is 11.7 Å². The first kappa shape index (κ1) is 17.8. The van der Waals surface area contributed by atoms with Gasteiger partial charge in [0.05, 0.1) is 5.25 Å². The minimum absolute atomic E-state index is 0.0453. The van der Waals surface area contributed by atoms with E-state index in [4.69, 9.17) is 0 Å². The molecular weight excluding hydrogens is 353 g/mol. The SMILES string of the molecule is CC(Sc1nnc(C(F)(F)F)n1C)C(=O)Nc1ccc2c(c1)CCC2. The first-order valence-corrected chi connectivity index (χ1v) is 8.69. The number of carbonyl (C=O) groups excluding carboxylic acids is 1. The maximum absolute atomic E-state index is 12.7. The Morgan fingerprint density at radius 2 is 2.00 bits per heavy atom. The lowest BCUT2D eigenvalue weighted by molar-refractivity contribution is -0.147. The Morgan fingerprint density at radius 1 is 1.28 bits per heavy atom. The van der Waals surface area contributed by atoms with E-state index in [1.165, 1.54) is 18.2 Å². The van der Waals surface area contributed by atoms with E-state index in [0.29, 0.717) is 5.69 Å². The van der Waals surface area contributed by atoms with Gasteiger partial charge < -0.3 is 9.88 Å². The largest absolute Gasteiger partial charge is 0.451 e. The third-order valence-corrected chi connectivity index (χ3v) is 5.24. The number of rotatable bonds is 4. The molecule has 0 bridgehead atoms. The maximum atomic E-state index is 12.7. The maximum Gasteiger partial charge on any atom is 0.451 e. The number of aryl methyl sites for hydroxylation is 2. The summed E-state index contributed by atoms with van der Waals surface area (Å²) in [6.07, 6.45) is -1.39. The fraction of sp³-hybridized carbons (Fsp3) is 0.438. The molecule has 25 heavy (non-hydrogen) atoms. The summed E-state index contributed by atoms with van der Waals surface area (Å²) in [4.78, 5) is 12.3. The molecule has 0 saturated heterocycles. The first-order valence-electron chi connectivity index (χ1n) is 7.81. The molecule has 1 N–H and O–H groups in total. The van der Waals surface area contributed by atoms with E-state index >= 15 is 0 Å². The zero-order chi connectivity index (χ0) is 18.2. The molecule has 1 aromatic heterocycles. The molecule has 9 heteroatoms. The van der Waals surface area contributed by atoms with Crippen LogP contribution in [-0.2, 0) is 30.9 Å². The van der Waals surface area contributed by atoms with Crippen molar-refractivity contribution in [2.75, 3.05) is 5.32 Å². The molecule has 1 unspecified atom stereocenters. The van der Waals surface area contributed by atoms with Crippen LogP contribution in [0.3, 0.4) is 0 Å². The number of aromatic nitrogens is 3. The Kier molecular flexibility index (Phi) is 4.77. The number of thioether (sulfide) groups is 1. The van der Waals surface area contributed by atoms with Crippen molar-refractivity contribution in [1.29, 1.82) is 0 Å². The van der Waals surface area contributed by atoms with Gasteiger partial charge in [-0.2, -0.15) is 13.2 Å². The molecule has 0 aliphatic heterocycles. The highest BCUT2D eigenvalue weighted by Gasteiger charge is 2.37. The zero-order valence-electron chi connectivity index (χ0n) is 13.7. The van der Waals surface area contributed by atoms with Crippen LogP contribution in [-0.4, -0.2) is 25.9 Å². The number of hydrogen-bond donors (Lipinski definition) is 1. The fourth-order valence-corrected chi connectivity index (χ4v) is 3.58. The highest BCUT2D eigenvalue weighted by Crippen LogP contribution is 2.31. The number of halogens is 3. The van der Waals surface area contributed by atoms with Gasteiger partial charge in [0.25, 0.3) is 0 Å². The molecule has 5 nitrogen and oxygen atoms in total. The van der Waals surface area contributed by atoms with Gasteiger partial charge in [-0.1, -0.05) is 17.8 Å². The lowest BCUT2D eigenvalue weighted by atomic mass is 10.1. The quantitative estimate of drug-likeness (QED) is 0.838. The Labute approximate surface area is 147 Å². The van der Waals surface area contributed by atoms with Crippen molar-refractivity contribution in [3.63, 3.8) is 0 Å². The van der Waals surface area contributed by atoms with Gasteiger partial charge in [0, 0.05) is 12.7 Å². The summed E-state index contributed by atoms with van der Waals surface area (Å²) in [5, 5.41) is 8.93. The van der Waals surface area contributed by atoms with E-state index < -0.39 is 17.3 Å². The molecule has 0 fully saturated rings. The van der Waals surface area contributed by atoms with Crippen LogP contribution in [0.5, 0.6) is 0 Å². The predicted molar refractivity (Wildman–Crippen MR) is 88.4 cm³/mol. The van der Waals surface area contributed by atoms with Crippen molar-refractivity contribution in [2.45, 2.75) is 42.8 Å². The van der Waals surface area contributed by atoms with E-state index in [1.54, 1.807) is 6.92 Å². The van der Waals surface area contributed by atoms with Gasteiger partial charge in [0.15, 0.2) is 5.16 Å². The summed E-state index contributed by atoms with van der Waals surface area (Å²) < 4.78 is 39.1. The van der Waals surface area contributed by atoms with E-state index in [-0.39, 0.29) is 11.1 Å². The number of benzene rings is 1. The number of fused-ring (bicyclic) bond motifs is 1. The van der Waals surface area contributed by atoms with Crippen LogP contribution in [0, 0.1) is 0 Å². The highest BCUT2D eigenvalue weighted by atomic mass is 32.2. The Morgan fingerprint density at radius 3 is 2.68 bits per heavy atom. The van der Waals surface area contributed by atoms with Gasteiger partial charge >= 0.3 is 6.18 Å². The molecule has 1 aliphatic carbocycles. The third kappa shape index (κ3) is 3.81. The van der Waals surface area contributed by atoms with Crippen molar-refractivity contribution in [3.05, 3.63) is 35.2 Å². The van der Waals surface area contributed by atoms with E-state index in [1.807, 2.05) is 18.2 Å². The highest BCUT2D eigenvalue weighted by molar-refractivity contribution is 8.00. The Bertz CT molecular complexity index is 803. The van der Waals surface area contributed by atoms with Crippen LogP contribution in [0.25, 0.3) is 0 Å². The Balaban J connectivity index is 1.66. The van der Waals surface area contributed by atoms with Crippen LogP contribution in [0.15, 0.2) is 23.4 Å². The van der Waals surface area contributed by atoms with Gasteiger partial charge in [-0.15, -0.1) is 10.2 Å². The summed E-state index contributed by atoms with van der Waals surface area (Å²) in [5.74, 6) is -1.37. The van der Waals surface area contributed by atoms with Crippen molar-refractivity contribution >= 4 is 23.4 Å². The minimum Gasteiger partial charge on any atom is -0.325 e. The van der Waals surface area contributed by atoms with Gasteiger partial charge in [-0.25, -0.2) is 0 Å². The van der Waals surface area contributed by atoms with Crippen LogP contribution in [0.1, 0.15) is 30.3 Å². The second-order valence-corrected chi connectivity index (χ2v) is 7.26. The summed E-state index contributed by atoms with van der Waals surface area (Å²) in [7, 11) is 1.23. The smallest absolute Gasteiger partial charge is 0.325 e. The van der Waals surface area contributed by atoms with Crippen LogP contribution in [0.2, 0.25) is 0 Å². The molecule has 2 aromatic rings. The van der Waals surface area contributed by atoms with Gasteiger partial charge in [0.1, 0.15) is 0 Å². The number of anilines is 1. The molecule has 134 valence electrons. The van der Waals surface area contributed by atoms with Crippen molar-refractivity contribution in [2.24, 2.45) is 7.05 Å². The standard InChI is InChI=1S/C16H17F3N4OS/c1-9(25-15-22-21-14(23(15)2)16(17,18)19)13(24)20-12-7-6-10-4-3-5-11(10)8-12/h6-9H,3-5H2,1-2H3,(H,20,24). The third-order valence-electron chi connectivity index (χ3n) is 4.11. The normalized spacial score (nSPS) is 15.1. The second-order valence-electron chi connectivity index (χ2n) is 5.95. The van der Waals surface area contributed by atoms with E-state index in [0.717, 1.165) is 35.6 Å². The lowest BCUT2D eigenvalue weighted by Gasteiger charge is -2.13. The van der Waals surface area contributed by atoms with Crippen molar-refractivity contribution in [1.82, 2.24) is 14.8 Å². The lowest BCUT2D eigenvalue weighted by Crippen LogP contribution is -2.23. The zero-order valence-corrected chi connectivity index (χ0v) is 14.5. The Hall–Kier alpha value is -2.03. The number of amides is 1. The van der Waals surface area contributed by atoms with Crippen LogP contribution >= 0.6 is 11.8 Å². The second kappa shape index (κ2) is 6.70. The number of hydrogen-bond acceptors (Lipinski definition) is 4. The van der Waals surface area contributed by atoms with Crippen molar-refractivity contribution < 1.29 is 18.0 Å². The minimum atomic E-state index is -4.57. The molecule has 1 heterocycles. The summed E-state index contributed by atoms with van der Waals surface area (Å²) in [6.45, 7) is 1.62. The molecule has 3 rings (SSSR count). The summed E-state index contributed by atoms with van der Waals surface area (Å²) in [6, 6.07) is 5.82. The number of carbonyl (C=O) groups is 1. The number of alkyl halides is 3. The van der Waals surface area contributed by atoms with Gasteiger partial charge in [-0.05, 0) is 49.4 Å². The monoisotopic (exact) mass is 370 g/mol. The van der Waals surface area contributed by atoms with Gasteiger partial charge in [-0.3, -0.25) is 4.79 Å². The number of nitrogens with one attached hydrogen (secondary N) is 1. The molecule has 1 aromatic carbocycles. The first-order chi connectivity index (χ1) is 11.8. The molecule has 0 spiro atoms. The molecule has 1 aliphatic rings. The average molecular weight is 370 g/mol. The fourth-order valence-electron chi connectivity index (χ4n) is 2.77. The van der Waals surface area contributed by atoms with Crippen molar-refractivity contribution in [3.8, 4) is 0 Å². The predicted octanol–water partition coefficient (Wildman–Crippen LogP) is 3.44. The molecular formula is C16H17F3N4OS. The molecule has 1 atom stereocenters. The summed E-state index contributed by atoms with van der Waals surface area (Å²) >= 11 is 0.937. The molecule has 0 radical (unpaired) electrons. The molecule has 0 saturated carbocycles. The van der Waals surface area contributed by atoms with E-state index in [2.05, 4.69) is 15.5 Å². The number of nitrogens with zero attached hydrogens (tertiary/aromatic N) is 3. The topological polar surface area (TPSA) is 59.8 Å². The summed E-state index contributed by atoms with van der Waals surface area (Å²) in [5.41, 5.74) is 3.24. The van der Waals surface area contributed by atoms with Crippen LogP contribution in [0.4, 0.5) is 18.9 Å². The van der Waals surface area contributed by atoms with Crippen LogP contribution < -0.4 is 5.32 Å². The average Bonchev–Trinajstić information content (AvgIpc) is 3.13. The van der Waals surface area contributed by atoms with E-state index in [9.17, 15) is 18.0 Å².